The Kier molecular flexibility index (Phi) is 5.75. The van der Waals surface area contributed by atoms with Crippen LogP contribution in [-0.4, -0.2) is 53.1 Å². The van der Waals surface area contributed by atoms with Crippen molar-refractivity contribution in [2.75, 3.05) is 20.6 Å². The van der Waals surface area contributed by atoms with Gasteiger partial charge in [0.1, 0.15) is 0 Å². The van der Waals surface area contributed by atoms with Crippen molar-refractivity contribution < 1.29 is 9.59 Å². The number of urea groups is 1. The molecule has 0 radical (unpaired) electrons. The predicted molar refractivity (Wildman–Crippen MR) is 101 cm³/mol. The van der Waals surface area contributed by atoms with Crippen molar-refractivity contribution in [3.8, 4) is 0 Å². The summed E-state index contributed by atoms with van der Waals surface area (Å²) in [5.74, 6) is -0.0394. The molecule has 0 bridgehead atoms. The summed E-state index contributed by atoms with van der Waals surface area (Å²) in [6, 6.07) is 5.73. The van der Waals surface area contributed by atoms with Crippen LogP contribution in [0, 0.1) is 0 Å². The molecule has 0 spiro atoms. The van der Waals surface area contributed by atoms with E-state index in [9.17, 15) is 9.59 Å². The summed E-state index contributed by atoms with van der Waals surface area (Å²) in [6.07, 6.45) is 7.57. The average molecular weight is 357 g/mol. The Morgan fingerprint density at radius 3 is 2.73 bits per heavy atom. The minimum atomic E-state index is -0.0970. The van der Waals surface area contributed by atoms with E-state index in [1.807, 2.05) is 16.7 Å². The minimum absolute atomic E-state index is 0.0394. The number of carbonyl (C=O) groups is 2. The molecular formula is C19H27N5O2. The molecule has 26 heavy (non-hydrogen) atoms. The Bertz CT molecular complexity index is 777. The second-order valence-electron chi connectivity index (χ2n) is 7.08. The number of nitrogens with one attached hydrogen (secondary N) is 2. The summed E-state index contributed by atoms with van der Waals surface area (Å²) < 4.78 is 1.99. The maximum atomic E-state index is 12.0. The number of benzene rings is 1. The lowest BCUT2D eigenvalue weighted by molar-refractivity contribution is 0.0827. The highest BCUT2D eigenvalue weighted by atomic mass is 16.2. The molecule has 0 aliphatic heterocycles. The first kappa shape index (κ1) is 18.2. The third kappa shape index (κ3) is 4.33. The summed E-state index contributed by atoms with van der Waals surface area (Å²) in [5, 5.41) is 5.97. The molecule has 2 N–H and O–H groups in total. The average Bonchev–Trinajstić information content (AvgIpc) is 3.04. The van der Waals surface area contributed by atoms with Gasteiger partial charge in [0.15, 0.2) is 0 Å². The van der Waals surface area contributed by atoms with E-state index < -0.39 is 0 Å². The van der Waals surface area contributed by atoms with Crippen molar-refractivity contribution >= 4 is 23.0 Å². The fourth-order valence-corrected chi connectivity index (χ4v) is 3.41. The molecule has 0 atom stereocenters. The zero-order valence-electron chi connectivity index (χ0n) is 15.5. The van der Waals surface area contributed by atoms with Crippen LogP contribution in [-0.2, 0) is 6.54 Å². The fourth-order valence-electron chi connectivity index (χ4n) is 3.41. The molecule has 1 aromatic carbocycles. The molecule has 2 aromatic rings. The van der Waals surface area contributed by atoms with Gasteiger partial charge in [-0.05, 0) is 31.0 Å². The van der Waals surface area contributed by atoms with Gasteiger partial charge in [-0.2, -0.15) is 0 Å². The zero-order chi connectivity index (χ0) is 18.5. The van der Waals surface area contributed by atoms with Gasteiger partial charge in [0, 0.05) is 38.8 Å². The zero-order valence-corrected chi connectivity index (χ0v) is 15.5. The molecule has 1 aromatic heterocycles. The van der Waals surface area contributed by atoms with Crippen molar-refractivity contribution in [1.29, 1.82) is 0 Å². The van der Waals surface area contributed by atoms with E-state index in [-0.39, 0.29) is 11.9 Å². The van der Waals surface area contributed by atoms with Gasteiger partial charge in [-0.3, -0.25) is 4.79 Å². The van der Waals surface area contributed by atoms with E-state index in [4.69, 9.17) is 0 Å². The van der Waals surface area contributed by atoms with Crippen LogP contribution in [0.4, 0.5) is 4.79 Å². The lowest BCUT2D eigenvalue weighted by Gasteiger charge is -2.22. The van der Waals surface area contributed by atoms with Crippen LogP contribution in [0.25, 0.3) is 11.0 Å². The minimum Gasteiger partial charge on any atom is -0.345 e. The maximum Gasteiger partial charge on any atom is 0.315 e. The summed E-state index contributed by atoms with van der Waals surface area (Å²) in [5.41, 5.74) is 2.36. The lowest BCUT2D eigenvalue weighted by Crippen LogP contribution is -2.43. The van der Waals surface area contributed by atoms with E-state index in [2.05, 4.69) is 15.6 Å². The molecule has 7 heteroatoms. The van der Waals surface area contributed by atoms with Crippen LogP contribution in [0.2, 0.25) is 0 Å². The van der Waals surface area contributed by atoms with Crippen LogP contribution in [0.3, 0.4) is 0 Å². The molecule has 140 valence electrons. The Balaban J connectivity index is 1.54. The third-order valence-electron chi connectivity index (χ3n) is 4.85. The quantitative estimate of drug-likeness (QED) is 0.862. The highest BCUT2D eigenvalue weighted by molar-refractivity contribution is 5.97. The van der Waals surface area contributed by atoms with E-state index in [0.717, 1.165) is 23.9 Å². The largest absolute Gasteiger partial charge is 0.345 e. The van der Waals surface area contributed by atoms with Crippen molar-refractivity contribution in [3.63, 3.8) is 0 Å². The summed E-state index contributed by atoms with van der Waals surface area (Å²) in [4.78, 5) is 30.0. The van der Waals surface area contributed by atoms with Crippen LogP contribution in [0.1, 0.15) is 42.5 Å². The molecule has 0 unspecified atom stereocenters. The smallest absolute Gasteiger partial charge is 0.315 e. The summed E-state index contributed by atoms with van der Waals surface area (Å²) in [6.45, 7) is 1.16. The van der Waals surface area contributed by atoms with Crippen LogP contribution < -0.4 is 10.6 Å². The Morgan fingerprint density at radius 2 is 2.00 bits per heavy atom. The number of amides is 3. The molecule has 1 heterocycles. The van der Waals surface area contributed by atoms with Crippen LogP contribution in [0.15, 0.2) is 24.5 Å². The molecule has 1 saturated carbocycles. The number of nitrogens with zero attached hydrogens (tertiary/aromatic N) is 3. The first-order valence-electron chi connectivity index (χ1n) is 9.25. The number of fused-ring (bicyclic) bond motifs is 1. The van der Waals surface area contributed by atoms with Gasteiger partial charge in [0.25, 0.3) is 5.91 Å². The van der Waals surface area contributed by atoms with Gasteiger partial charge in [-0.25, -0.2) is 9.78 Å². The third-order valence-corrected chi connectivity index (χ3v) is 4.85. The van der Waals surface area contributed by atoms with E-state index in [0.29, 0.717) is 24.7 Å². The van der Waals surface area contributed by atoms with Crippen molar-refractivity contribution in [2.45, 2.75) is 44.7 Å². The summed E-state index contributed by atoms with van der Waals surface area (Å²) in [7, 11) is 3.46. The normalized spacial score (nSPS) is 15.0. The highest BCUT2D eigenvalue weighted by Crippen LogP contribution is 2.17. The number of rotatable bonds is 5. The van der Waals surface area contributed by atoms with Gasteiger partial charge in [-0.15, -0.1) is 0 Å². The van der Waals surface area contributed by atoms with Gasteiger partial charge in [0.2, 0.25) is 0 Å². The van der Waals surface area contributed by atoms with Gasteiger partial charge >= 0.3 is 6.03 Å². The molecule has 1 fully saturated rings. The predicted octanol–water partition coefficient (Wildman–Crippen LogP) is 2.37. The number of hydrogen-bond acceptors (Lipinski definition) is 3. The van der Waals surface area contributed by atoms with Gasteiger partial charge in [0.05, 0.1) is 17.4 Å². The SMILES string of the molecule is CN(C)C(=O)c1ccc2c(c1)ncn2CCNC(=O)NC1CCCCC1. The lowest BCUT2D eigenvalue weighted by atomic mass is 9.96. The molecule has 1 aliphatic rings. The Hall–Kier alpha value is -2.57. The standard InChI is InChI=1S/C19H27N5O2/c1-23(2)18(25)14-8-9-17-16(12-14)21-13-24(17)11-10-20-19(26)22-15-6-4-3-5-7-15/h8-9,12-13,15H,3-7,10-11H2,1-2H3,(H2,20,22,26). The number of imidazole rings is 1. The molecule has 7 nitrogen and oxygen atoms in total. The summed E-state index contributed by atoms with van der Waals surface area (Å²) >= 11 is 0. The van der Waals surface area contributed by atoms with E-state index in [1.165, 1.54) is 19.3 Å². The molecule has 3 amide bonds. The molecular weight excluding hydrogens is 330 g/mol. The Morgan fingerprint density at radius 1 is 1.23 bits per heavy atom. The van der Waals surface area contributed by atoms with Crippen molar-refractivity contribution in [2.24, 2.45) is 0 Å². The topological polar surface area (TPSA) is 79.3 Å². The first-order valence-corrected chi connectivity index (χ1v) is 9.25. The van der Waals surface area contributed by atoms with E-state index >= 15 is 0 Å². The monoisotopic (exact) mass is 357 g/mol. The van der Waals surface area contributed by atoms with Gasteiger partial charge < -0.3 is 20.1 Å². The van der Waals surface area contributed by atoms with Crippen molar-refractivity contribution in [3.05, 3.63) is 30.1 Å². The maximum absolute atomic E-state index is 12.0. The van der Waals surface area contributed by atoms with Crippen LogP contribution in [0.5, 0.6) is 0 Å². The van der Waals surface area contributed by atoms with Crippen LogP contribution >= 0.6 is 0 Å². The Labute approximate surface area is 153 Å². The second kappa shape index (κ2) is 8.21. The number of aromatic nitrogens is 2. The van der Waals surface area contributed by atoms with Crippen molar-refractivity contribution in [1.82, 2.24) is 25.1 Å². The fraction of sp³-hybridized carbons (Fsp3) is 0.526. The molecule has 1 aliphatic carbocycles. The number of carbonyl (C=O) groups excluding carboxylic acids is 2. The number of hydrogen-bond donors (Lipinski definition) is 2. The molecule has 3 rings (SSSR count). The first-order chi connectivity index (χ1) is 12.5. The highest BCUT2D eigenvalue weighted by Gasteiger charge is 2.15. The second-order valence-corrected chi connectivity index (χ2v) is 7.08. The van der Waals surface area contributed by atoms with E-state index in [1.54, 1.807) is 31.4 Å². The molecule has 0 saturated heterocycles. The van der Waals surface area contributed by atoms with Gasteiger partial charge in [-0.1, -0.05) is 19.3 Å².